The van der Waals surface area contributed by atoms with Gasteiger partial charge in [0.1, 0.15) is 12.0 Å². The van der Waals surface area contributed by atoms with Crippen LogP contribution in [0.4, 0.5) is 0 Å². The predicted octanol–water partition coefficient (Wildman–Crippen LogP) is 6.40. The van der Waals surface area contributed by atoms with E-state index in [0.29, 0.717) is 18.8 Å². The van der Waals surface area contributed by atoms with Gasteiger partial charge in [0.25, 0.3) is 0 Å². The Hall–Kier alpha value is -1.91. The van der Waals surface area contributed by atoms with Crippen molar-refractivity contribution in [2.24, 2.45) is 22.7 Å². The zero-order valence-corrected chi connectivity index (χ0v) is 24.6. The topological polar surface area (TPSA) is 87.5 Å². The molecule has 7 heteroatoms. The minimum Gasteiger partial charge on any atom is -0.461 e. The summed E-state index contributed by atoms with van der Waals surface area (Å²) in [4.78, 5) is 13.4. The van der Waals surface area contributed by atoms with Crippen LogP contribution < -0.4 is 0 Å². The van der Waals surface area contributed by atoms with E-state index < -0.39 is 33.4 Å². The summed E-state index contributed by atoms with van der Waals surface area (Å²) in [6, 6.07) is 11.9. The average molecular weight is 555 g/mol. The van der Waals surface area contributed by atoms with Gasteiger partial charge in [-0.15, -0.1) is 0 Å². The fraction of sp³-hybridized carbons (Fsp3) is 0.750. The highest BCUT2D eigenvalue weighted by molar-refractivity contribution is 7.89. The lowest BCUT2D eigenvalue weighted by atomic mass is 9.69. The maximum absolute atomic E-state index is 14.6. The SMILES string of the molecule is CC1(C)[C@@H]2CC[C@@]1(CS(=O)(=O)N(C1CCCCC1)C1CCCCC1)[C@H](OC(=O)C(C#N)Cc1ccccc1)C2. The Morgan fingerprint density at radius 2 is 1.59 bits per heavy atom. The van der Waals surface area contributed by atoms with Crippen molar-refractivity contribution in [3.8, 4) is 6.07 Å². The molecule has 4 aliphatic rings. The molecule has 0 aromatic heterocycles. The number of nitriles is 1. The van der Waals surface area contributed by atoms with Gasteiger partial charge in [0.05, 0.1) is 11.8 Å². The third-order valence-electron chi connectivity index (χ3n) is 11.0. The highest BCUT2D eigenvalue weighted by Crippen LogP contribution is 2.67. The van der Waals surface area contributed by atoms with Gasteiger partial charge in [0, 0.05) is 17.5 Å². The number of fused-ring (bicyclic) bond motifs is 2. The predicted molar refractivity (Wildman–Crippen MR) is 152 cm³/mol. The number of benzene rings is 1. The van der Waals surface area contributed by atoms with Crippen LogP contribution in [0.5, 0.6) is 0 Å². The molecule has 39 heavy (non-hydrogen) atoms. The van der Waals surface area contributed by atoms with Crippen LogP contribution in [0.2, 0.25) is 0 Å². The van der Waals surface area contributed by atoms with Crippen molar-refractivity contribution in [2.45, 2.75) is 122 Å². The van der Waals surface area contributed by atoms with Crippen LogP contribution in [0.1, 0.15) is 103 Å². The Morgan fingerprint density at radius 1 is 1.00 bits per heavy atom. The second kappa shape index (κ2) is 11.5. The molecule has 2 bridgehead atoms. The molecular weight excluding hydrogens is 508 g/mol. The molecule has 4 saturated carbocycles. The number of ether oxygens (including phenoxy) is 1. The van der Waals surface area contributed by atoms with E-state index in [-0.39, 0.29) is 23.3 Å². The van der Waals surface area contributed by atoms with Gasteiger partial charge in [-0.1, -0.05) is 82.7 Å². The second-order valence-corrected chi connectivity index (χ2v) is 15.2. The second-order valence-electron chi connectivity index (χ2n) is 13.3. The van der Waals surface area contributed by atoms with E-state index in [4.69, 9.17) is 4.74 Å². The smallest absolute Gasteiger partial charge is 0.323 e. The van der Waals surface area contributed by atoms with Crippen molar-refractivity contribution in [1.29, 1.82) is 5.26 Å². The summed E-state index contributed by atoms with van der Waals surface area (Å²) >= 11 is 0. The number of esters is 1. The summed E-state index contributed by atoms with van der Waals surface area (Å²) in [5.74, 6) is -1.05. The van der Waals surface area contributed by atoms with Crippen LogP contribution in [0.15, 0.2) is 30.3 Å². The van der Waals surface area contributed by atoms with Gasteiger partial charge in [-0.2, -0.15) is 9.57 Å². The Kier molecular flexibility index (Phi) is 8.46. The van der Waals surface area contributed by atoms with Crippen molar-refractivity contribution in [2.75, 3.05) is 5.75 Å². The number of hydrogen-bond donors (Lipinski definition) is 0. The molecule has 0 saturated heterocycles. The van der Waals surface area contributed by atoms with E-state index in [1.54, 1.807) is 0 Å². The van der Waals surface area contributed by atoms with Gasteiger partial charge in [-0.25, -0.2) is 8.42 Å². The number of hydrogen-bond acceptors (Lipinski definition) is 5. The molecule has 4 fully saturated rings. The van der Waals surface area contributed by atoms with Gasteiger partial charge in [0.2, 0.25) is 10.0 Å². The quantitative estimate of drug-likeness (QED) is 0.330. The summed E-state index contributed by atoms with van der Waals surface area (Å²) in [6.45, 7) is 4.37. The molecule has 1 unspecified atom stereocenters. The molecule has 4 atom stereocenters. The maximum atomic E-state index is 14.6. The molecule has 5 rings (SSSR count). The molecule has 0 spiro atoms. The molecule has 0 amide bonds. The standard InChI is InChI=1S/C32H46N2O4S/c1-31(2)26-18-19-32(31,29(21-26)38-30(35)25(22-33)20-24-12-6-3-7-13-24)23-39(36,37)34(27-14-8-4-9-15-27)28-16-10-5-11-17-28/h3,6-7,12-13,25-29H,4-5,8-11,14-21,23H2,1-2H3/t25?,26-,29-,32-/m1/s1. The minimum atomic E-state index is -3.59. The van der Waals surface area contributed by atoms with E-state index in [2.05, 4.69) is 19.9 Å². The van der Waals surface area contributed by atoms with Crippen LogP contribution in [-0.2, 0) is 26.0 Å². The van der Waals surface area contributed by atoms with E-state index in [9.17, 15) is 18.5 Å². The molecule has 0 aliphatic heterocycles. The minimum absolute atomic E-state index is 0.0460. The Morgan fingerprint density at radius 3 is 2.13 bits per heavy atom. The molecule has 1 aromatic rings. The Bertz CT molecular complexity index is 1130. The largest absolute Gasteiger partial charge is 0.461 e. The molecule has 1 aromatic carbocycles. The van der Waals surface area contributed by atoms with Crippen molar-refractivity contribution < 1.29 is 17.9 Å². The maximum Gasteiger partial charge on any atom is 0.323 e. The number of rotatable bonds is 9. The number of sulfonamides is 1. The normalized spacial score (nSPS) is 30.2. The lowest BCUT2D eigenvalue weighted by Gasteiger charge is -2.46. The van der Waals surface area contributed by atoms with Crippen molar-refractivity contribution >= 4 is 16.0 Å². The summed E-state index contributed by atoms with van der Waals surface area (Å²) in [5, 5.41) is 9.82. The third-order valence-corrected chi connectivity index (χ3v) is 13.1. The lowest BCUT2D eigenvalue weighted by molar-refractivity contribution is -0.159. The van der Waals surface area contributed by atoms with E-state index in [1.807, 2.05) is 34.6 Å². The molecule has 6 nitrogen and oxygen atoms in total. The van der Waals surface area contributed by atoms with Crippen LogP contribution in [-0.4, -0.2) is 42.6 Å². The highest BCUT2D eigenvalue weighted by atomic mass is 32.2. The van der Waals surface area contributed by atoms with Crippen molar-refractivity contribution in [1.82, 2.24) is 4.31 Å². The molecule has 4 aliphatic carbocycles. The van der Waals surface area contributed by atoms with Crippen molar-refractivity contribution in [3.05, 3.63) is 35.9 Å². The first-order chi connectivity index (χ1) is 18.7. The van der Waals surface area contributed by atoms with Gasteiger partial charge >= 0.3 is 5.97 Å². The number of carbonyl (C=O) groups is 1. The number of carbonyl (C=O) groups excluding carboxylic acids is 1. The summed E-state index contributed by atoms with van der Waals surface area (Å²) in [5.41, 5.74) is 0.0416. The van der Waals surface area contributed by atoms with Gasteiger partial charge < -0.3 is 4.74 Å². The van der Waals surface area contributed by atoms with E-state index in [0.717, 1.165) is 69.8 Å². The first-order valence-electron chi connectivity index (χ1n) is 15.3. The monoisotopic (exact) mass is 554 g/mol. The molecule has 0 heterocycles. The van der Waals surface area contributed by atoms with E-state index >= 15 is 0 Å². The summed E-state index contributed by atoms with van der Waals surface area (Å²) in [7, 11) is -3.59. The molecule has 0 N–H and O–H groups in total. The van der Waals surface area contributed by atoms with Crippen LogP contribution in [0.25, 0.3) is 0 Å². The fourth-order valence-electron chi connectivity index (χ4n) is 8.58. The average Bonchev–Trinajstić information content (AvgIpc) is 3.28. The Labute approximate surface area is 235 Å². The first-order valence-corrected chi connectivity index (χ1v) is 16.9. The summed E-state index contributed by atoms with van der Waals surface area (Å²) < 4.78 is 37.3. The van der Waals surface area contributed by atoms with Crippen LogP contribution >= 0.6 is 0 Å². The van der Waals surface area contributed by atoms with Gasteiger partial charge in [-0.05, 0) is 68.3 Å². The molecule has 214 valence electrons. The van der Waals surface area contributed by atoms with E-state index in [1.165, 1.54) is 12.8 Å². The third kappa shape index (κ3) is 5.53. The summed E-state index contributed by atoms with van der Waals surface area (Å²) in [6.07, 6.45) is 12.8. The lowest BCUT2D eigenvalue weighted by Crippen LogP contribution is -2.54. The van der Waals surface area contributed by atoms with Crippen LogP contribution in [0, 0.1) is 34.0 Å². The highest BCUT2D eigenvalue weighted by Gasteiger charge is 2.67. The van der Waals surface area contributed by atoms with Crippen LogP contribution in [0.3, 0.4) is 0 Å². The molecule has 0 radical (unpaired) electrons. The first kappa shape index (κ1) is 28.6. The van der Waals surface area contributed by atoms with Gasteiger partial charge in [0.15, 0.2) is 0 Å². The van der Waals surface area contributed by atoms with Gasteiger partial charge in [-0.3, -0.25) is 4.79 Å². The zero-order chi connectivity index (χ0) is 27.7. The Balaban J connectivity index is 1.40. The van der Waals surface area contributed by atoms with Crippen molar-refractivity contribution in [3.63, 3.8) is 0 Å². The molecular formula is C32H46N2O4S. The zero-order valence-electron chi connectivity index (χ0n) is 23.8. The number of nitrogens with zero attached hydrogens (tertiary/aromatic N) is 2. The fourth-order valence-corrected chi connectivity index (χ4v) is 11.4.